The van der Waals surface area contributed by atoms with E-state index in [2.05, 4.69) is 66.4 Å². The van der Waals surface area contributed by atoms with Gasteiger partial charge in [0.2, 0.25) is 0 Å². The Balaban J connectivity index is 1.70. The summed E-state index contributed by atoms with van der Waals surface area (Å²) >= 11 is 1.84. The maximum atomic E-state index is 7.92. The van der Waals surface area contributed by atoms with Gasteiger partial charge in [0.05, 0.1) is 11.4 Å². The van der Waals surface area contributed by atoms with Crippen molar-refractivity contribution >= 4 is 30.4 Å². The Morgan fingerprint density at radius 1 is 1.39 bits per heavy atom. The summed E-state index contributed by atoms with van der Waals surface area (Å²) in [7, 11) is 1.95. The normalized spacial score (nSPS) is 24.5. The van der Waals surface area contributed by atoms with E-state index in [0.29, 0.717) is 5.92 Å². The molecule has 1 fully saturated rings. The van der Waals surface area contributed by atoms with Crippen LogP contribution in [-0.4, -0.2) is 31.4 Å². The van der Waals surface area contributed by atoms with Crippen molar-refractivity contribution in [1.29, 1.82) is 5.41 Å². The summed E-state index contributed by atoms with van der Waals surface area (Å²) in [5, 5.41) is 11.1. The van der Waals surface area contributed by atoms with E-state index < -0.39 is 0 Å². The van der Waals surface area contributed by atoms with Crippen LogP contribution in [0.2, 0.25) is 0 Å². The van der Waals surface area contributed by atoms with Gasteiger partial charge in [-0.15, -0.1) is 11.8 Å². The molecular formula is C25H33N5S. The molecule has 0 amide bonds. The van der Waals surface area contributed by atoms with Crippen LogP contribution < -0.4 is 11.1 Å². The molecule has 5 nitrogen and oxygen atoms in total. The number of allylic oxidation sites excluding steroid dienone is 4. The predicted molar refractivity (Wildman–Crippen MR) is 135 cm³/mol. The molecule has 0 radical (unpaired) electrons. The lowest BCUT2D eigenvalue weighted by Gasteiger charge is -2.17. The molecule has 1 aromatic rings. The first-order valence-corrected chi connectivity index (χ1v) is 11.8. The third-order valence-electron chi connectivity index (χ3n) is 5.81. The van der Waals surface area contributed by atoms with Gasteiger partial charge < -0.3 is 16.5 Å². The quantitative estimate of drug-likeness (QED) is 0.433. The van der Waals surface area contributed by atoms with Gasteiger partial charge in [-0.2, -0.15) is 0 Å². The van der Waals surface area contributed by atoms with E-state index in [1.165, 1.54) is 16.7 Å². The van der Waals surface area contributed by atoms with E-state index in [-0.39, 0.29) is 17.9 Å². The Morgan fingerprint density at radius 3 is 2.74 bits per heavy atom. The first-order chi connectivity index (χ1) is 15.1. The number of nitrogens with two attached hydrogens (primary N) is 1. The van der Waals surface area contributed by atoms with Crippen LogP contribution in [0.1, 0.15) is 36.9 Å². The zero-order valence-electron chi connectivity index (χ0n) is 18.4. The van der Waals surface area contributed by atoms with Crippen molar-refractivity contribution < 1.29 is 0 Å². The second kappa shape index (κ2) is 11.4. The van der Waals surface area contributed by atoms with Crippen molar-refractivity contribution in [3.63, 3.8) is 0 Å². The van der Waals surface area contributed by atoms with Crippen LogP contribution in [0.25, 0.3) is 0 Å². The van der Waals surface area contributed by atoms with Gasteiger partial charge in [-0.1, -0.05) is 49.4 Å². The molecule has 0 heterocycles. The van der Waals surface area contributed by atoms with E-state index in [4.69, 9.17) is 16.1 Å². The summed E-state index contributed by atoms with van der Waals surface area (Å²) in [6.07, 6.45) is 11.5. The molecule has 0 spiro atoms. The number of thioether (sulfide) groups is 1. The van der Waals surface area contributed by atoms with Crippen LogP contribution in [-0.2, 0) is 6.54 Å². The second-order valence-electron chi connectivity index (χ2n) is 7.96. The highest BCUT2D eigenvalue weighted by Crippen LogP contribution is 2.51. The maximum Gasteiger partial charge on any atom is 0.0654 e. The van der Waals surface area contributed by atoms with Crippen LogP contribution in [0.15, 0.2) is 69.3 Å². The van der Waals surface area contributed by atoms with E-state index in [1.807, 2.05) is 18.8 Å². The minimum absolute atomic E-state index is 0.0355. The molecule has 0 aliphatic heterocycles. The van der Waals surface area contributed by atoms with E-state index in [0.717, 1.165) is 42.1 Å². The lowest BCUT2D eigenvalue weighted by Crippen LogP contribution is -2.16. The molecule has 2 aliphatic rings. The fourth-order valence-corrected chi connectivity index (χ4v) is 4.75. The van der Waals surface area contributed by atoms with Crippen molar-refractivity contribution in [2.75, 3.05) is 12.8 Å². The van der Waals surface area contributed by atoms with E-state index in [9.17, 15) is 0 Å². The average molecular weight is 436 g/mol. The molecule has 2 aliphatic carbocycles. The molecule has 1 saturated carbocycles. The highest BCUT2D eigenvalue weighted by atomic mass is 32.2. The first kappa shape index (κ1) is 23.4. The third-order valence-corrected chi connectivity index (χ3v) is 6.74. The molecule has 0 aromatic heterocycles. The van der Waals surface area contributed by atoms with Gasteiger partial charge in [0.1, 0.15) is 0 Å². The number of nitrogens with one attached hydrogen (secondary N) is 2. The number of hydrogen-bond donors (Lipinski definition) is 3. The van der Waals surface area contributed by atoms with Gasteiger partial charge in [-0.05, 0) is 49.4 Å². The van der Waals surface area contributed by atoms with Crippen LogP contribution in [0.3, 0.4) is 0 Å². The third kappa shape index (κ3) is 6.12. The summed E-state index contributed by atoms with van der Waals surface area (Å²) in [6, 6.07) is 8.47. The molecule has 4 N–H and O–H groups in total. The largest absolute Gasteiger partial charge is 0.324 e. The zero-order chi connectivity index (χ0) is 22.2. The molecular weight excluding hydrogens is 402 g/mol. The topological polar surface area (TPSA) is 86.6 Å². The van der Waals surface area contributed by atoms with Crippen molar-refractivity contribution in [3.05, 3.63) is 70.4 Å². The molecule has 0 bridgehead atoms. The number of nitrogens with zero attached hydrogens (tertiary/aromatic N) is 2. The van der Waals surface area contributed by atoms with Crippen molar-refractivity contribution in [1.82, 2.24) is 5.32 Å². The van der Waals surface area contributed by atoms with Gasteiger partial charge in [-0.25, -0.2) is 0 Å². The summed E-state index contributed by atoms with van der Waals surface area (Å²) in [4.78, 5) is 10.1. The molecule has 164 valence electrons. The molecule has 31 heavy (non-hydrogen) atoms. The SMILES string of the molecule is C=N/C=C(/N=C(C=N)C1C=CC(SCC)=CC1)C1CC1C(N)c1ccc(CNC)cc1. The summed E-state index contributed by atoms with van der Waals surface area (Å²) in [6.45, 7) is 6.63. The second-order valence-corrected chi connectivity index (χ2v) is 9.30. The van der Waals surface area contributed by atoms with Crippen molar-refractivity contribution in [2.24, 2.45) is 33.5 Å². The van der Waals surface area contributed by atoms with Crippen LogP contribution in [0.4, 0.5) is 0 Å². The molecule has 6 heteroatoms. The first-order valence-electron chi connectivity index (χ1n) is 10.9. The van der Waals surface area contributed by atoms with Gasteiger partial charge in [-0.3, -0.25) is 9.98 Å². The number of hydrogen-bond acceptors (Lipinski definition) is 6. The van der Waals surface area contributed by atoms with Gasteiger partial charge in [0, 0.05) is 41.7 Å². The average Bonchev–Trinajstić information content (AvgIpc) is 3.59. The summed E-state index contributed by atoms with van der Waals surface area (Å²) < 4.78 is 0. The minimum Gasteiger partial charge on any atom is -0.324 e. The molecule has 4 unspecified atom stereocenters. The summed E-state index contributed by atoms with van der Waals surface area (Å²) in [5.41, 5.74) is 10.6. The van der Waals surface area contributed by atoms with Crippen LogP contribution in [0, 0.1) is 23.2 Å². The standard InChI is InChI=1S/C25H33N5S/c1-4-31-20-11-9-18(10-12-20)23(14-26)30-24(16-29-3)21-13-22(21)25(27)19-7-5-17(6-8-19)15-28-2/h5-9,11-12,14,16,18,21-22,25-26,28H,3-4,10,13,15,27H2,1-2H3/b24-16+,26-14?,30-23?. The van der Waals surface area contributed by atoms with Crippen molar-refractivity contribution in [3.8, 4) is 0 Å². The van der Waals surface area contributed by atoms with Crippen LogP contribution >= 0.6 is 11.8 Å². The van der Waals surface area contributed by atoms with E-state index in [1.54, 1.807) is 6.20 Å². The predicted octanol–water partition coefficient (Wildman–Crippen LogP) is 4.89. The fraction of sp³-hybridized carbons (Fsp3) is 0.400. The minimum atomic E-state index is -0.0355. The Morgan fingerprint density at radius 2 is 2.16 bits per heavy atom. The Bertz CT molecular complexity index is 897. The lowest BCUT2D eigenvalue weighted by atomic mass is 9.95. The fourth-order valence-electron chi connectivity index (χ4n) is 4.03. The smallest absolute Gasteiger partial charge is 0.0654 e. The molecule has 1 aromatic carbocycles. The van der Waals surface area contributed by atoms with Gasteiger partial charge in [0.15, 0.2) is 0 Å². The Labute approximate surface area is 190 Å². The molecule has 0 saturated heterocycles. The molecule has 3 rings (SSSR count). The monoisotopic (exact) mass is 435 g/mol. The highest BCUT2D eigenvalue weighted by Gasteiger charge is 2.44. The zero-order valence-corrected chi connectivity index (χ0v) is 19.2. The highest BCUT2D eigenvalue weighted by molar-refractivity contribution is 8.03. The number of rotatable bonds is 11. The van der Waals surface area contributed by atoms with Crippen LogP contribution in [0.5, 0.6) is 0 Å². The van der Waals surface area contributed by atoms with E-state index >= 15 is 0 Å². The van der Waals surface area contributed by atoms with Gasteiger partial charge >= 0.3 is 0 Å². The maximum absolute atomic E-state index is 7.92. The Kier molecular flexibility index (Phi) is 8.58. The Hall–Kier alpha value is -2.28. The molecule has 4 atom stereocenters. The number of aliphatic imine (C=N–C) groups is 2. The lowest BCUT2D eigenvalue weighted by molar-refractivity contribution is 0.598. The number of benzene rings is 1. The van der Waals surface area contributed by atoms with Gasteiger partial charge in [0.25, 0.3) is 0 Å². The van der Waals surface area contributed by atoms with Crippen molar-refractivity contribution in [2.45, 2.75) is 32.4 Å². The summed E-state index contributed by atoms with van der Waals surface area (Å²) in [5.74, 6) is 1.76.